The third-order valence-electron chi connectivity index (χ3n) is 4.10. The van der Waals surface area contributed by atoms with Crippen LogP contribution in [0.3, 0.4) is 0 Å². The molecule has 0 aliphatic rings. The van der Waals surface area contributed by atoms with E-state index in [0.717, 1.165) is 6.42 Å². The highest BCUT2D eigenvalue weighted by molar-refractivity contribution is 6.07. The van der Waals surface area contributed by atoms with Crippen molar-refractivity contribution in [3.8, 4) is 0 Å². The topological polar surface area (TPSA) is 93.2 Å². The normalized spacial score (nSPS) is 10.2. The Hall–Kier alpha value is -3.74. The van der Waals surface area contributed by atoms with Gasteiger partial charge in [-0.3, -0.25) is 4.79 Å². The first-order chi connectivity index (χ1) is 14.2. The third-order valence-corrected chi connectivity index (χ3v) is 4.10. The molecule has 0 fully saturated rings. The number of hydrogen-bond acceptors (Lipinski definition) is 6. The number of benzene rings is 2. The molecule has 0 saturated heterocycles. The first-order valence-corrected chi connectivity index (χ1v) is 9.35. The van der Waals surface area contributed by atoms with Crippen molar-refractivity contribution in [2.24, 2.45) is 0 Å². The van der Waals surface area contributed by atoms with Crippen LogP contribution in [0.1, 0.15) is 33.3 Å². The van der Waals surface area contributed by atoms with Gasteiger partial charge in [-0.15, -0.1) is 0 Å². The minimum absolute atomic E-state index is 0.195. The fraction of sp³-hybridized carbons (Fsp3) is 0.182. The van der Waals surface area contributed by atoms with E-state index in [0.29, 0.717) is 18.2 Å². The predicted octanol–water partition coefficient (Wildman–Crippen LogP) is 3.56. The summed E-state index contributed by atoms with van der Waals surface area (Å²) < 4.78 is 5.03. The molecule has 2 aromatic carbocycles. The van der Waals surface area contributed by atoms with Crippen molar-refractivity contribution in [1.29, 1.82) is 0 Å². The molecule has 3 aromatic rings. The molecule has 7 nitrogen and oxygen atoms in total. The lowest BCUT2D eigenvalue weighted by Crippen LogP contribution is -2.18. The quantitative estimate of drug-likeness (QED) is 0.571. The van der Waals surface area contributed by atoms with Crippen LogP contribution in [0.15, 0.2) is 66.9 Å². The zero-order valence-electron chi connectivity index (χ0n) is 16.1. The maximum atomic E-state index is 12.6. The van der Waals surface area contributed by atoms with Gasteiger partial charge in [0.15, 0.2) is 0 Å². The van der Waals surface area contributed by atoms with Crippen LogP contribution in [0.4, 0.5) is 11.6 Å². The van der Waals surface area contributed by atoms with E-state index in [-0.39, 0.29) is 17.9 Å². The van der Waals surface area contributed by atoms with Gasteiger partial charge in [0.2, 0.25) is 5.95 Å². The van der Waals surface area contributed by atoms with E-state index in [1.807, 2.05) is 30.3 Å². The van der Waals surface area contributed by atoms with Crippen molar-refractivity contribution in [3.05, 3.63) is 83.7 Å². The Kier molecular flexibility index (Phi) is 6.89. The molecule has 0 aliphatic carbocycles. The van der Waals surface area contributed by atoms with E-state index in [2.05, 4.69) is 20.6 Å². The number of anilines is 2. The summed E-state index contributed by atoms with van der Waals surface area (Å²) in [5.41, 5.74) is 2.05. The number of carbonyl (C=O) groups is 2. The van der Waals surface area contributed by atoms with Crippen LogP contribution < -0.4 is 10.6 Å². The molecular formula is C22H22N4O3. The summed E-state index contributed by atoms with van der Waals surface area (Å²) in [6.07, 6.45) is 2.33. The summed E-state index contributed by atoms with van der Waals surface area (Å²) in [5.74, 6) is -0.558. The fourth-order valence-corrected chi connectivity index (χ4v) is 2.70. The Morgan fingerprint density at radius 3 is 2.55 bits per heavy atom. The Morgan fingerprint density at radius 2 is 1.76 bits per heavy atom. The minimum atomic E-state index is -0.491. The molecule has 0 radical (unpaired) electrons. The third kappa shape index (κ3) is 5.62. The maximum absolute atomic E-state index is 12.6. The van der Waals surface area contributed by atoms with Crippen molar-refractivity contribution in [2.75, 3.05) is 23.8 Å². The molecule has 1 heterocycles. The van der Waals surface area contributed by atoms with Crippen molar-refractivity contribution in [1.82, 2.24) is 9.97 Å². The zero-order valence-corrected chi connectivity index (χ0v) is 16.1. The number of esters is 1. The number of para-hydroxylation sites is 1. The molecule has 0 atom stereocenters. The van der Waals surface area contributed by atoms with Crippen molar-refractivity contribution in [2.45, 2.75) is 13.3 Å². The van der Waals surface area contributed by atoms with Gasteiger partial charge in [0.25, 0.3) is 5.91 Å². The predicted molar refractivity (Wildman–Crippen MR) is 111 cm³/mol. The molecule has 148 valence electrons. The van der Waals surface area contributed by atoms with Crippen molar-refractivity contribution in [3.63, 3.8) is 0 Å². The monoisotopic (exact) mass is 390 g/mol. The van der Waals surface area contributed by atoms with E-state index in [9.17, 15) is 9.59 Å². The lowest BCUT2D eigenvalue weighted by molar-refractivity contribution is 0.0527. The Balaban J connectivity index is 1.65. The molecule has 1 aromatic heterocycles. The highest BCUT2D eigenvalue weighted by Gasteiger charge is 2.16. The summed E-state index contributed by atoms with van der Waals surface area (Å²) in [7, 11) is 0. The van der Waals surface area contributed by atoms with Gasteiger partial charge in [-0.1, -0.05) is 42.5 Å². The summed E-state index contributed by atoms with van der Waals surface area (Å²) in [6, 6.07) is 18.3. The highest BCUT2D eigenvalue weighted by atomic mass is 16.5. The average Bonchev–Trinajstić information content (AvgIpc) is 2.75. The number of rotatable bonds is 8. The van der Waals surface area contributed by atoms with Gasteiger partial charge in [0.05, 0.1) is 17.9 Å². The van der Waals surface area contributed by atoms with Crippen molar-refractivity contribution < 1.29 is 14.3 Å². The summed E-state index contributed by atoms with van der Waals surface area (Å²) in [4.78, 5) is 33.1. The number of ether oxygens (including phenoxy) is 1. The van der Waals surface area contributed by atoms with Crippen LogP contribution in [-0.2, 0) is 11.2 Å². The van der Waals surface area contributed by atoms with Gasteiger partial charge < -0.3 is 15.4 Å². The molecular weight excluding hydrogens is 368 g/mol. The summed E-state index contributed by atoms with van der Waals surface area (Å²) in [5, 5.41) is 5.84. The van der Waals surface area contributed by atoms with Gasteiger partial charge in [-0.25, -0.2) is 14.8 Å². The molecule has 7 heteroatoms. The number of hydrogen-bond donors (Lipinski definition) is 2. The lowest BCUT2D eigenvalue weighted by atomic mass is 10.1. The van der Waals surface area contributed by atoms with Gasteiger partial charge in [-0.2, -0.15) is 0 Å². The van der Waals surface area contributed by atoms with E-state index < -0.39 is 11.9 Å². The van der Waals surface area contributed by atoms with E-state index in [4.69, 9.17) is 4.74 Å². The fourth-order valence-electron chi connectivity index (χ4n) is 2.70. The van der Waals surface area contributed by atoms with Crippen LogP contribution in [0.25, 0.3) is 0 Å². The van der Waals surface area contributed by atoms with Crippen LogP contribution in [0, 0.1) is 0 Å². The van der Waals surface area contributed by atoms with Gasteiger partial charge >= 0.3 is 5.97 Å². The van der Waals surface area contributed by atoms with Crippen LogP contribution in [-0.4, -0.2) is 35.0 Å². The number of carbonyl (C=O) groups excluding carboxylic acids is 2. The molecule has 2 N–H and O–H groups in total. The standard InChI is InChI=1S/C22H22N4O3/c1-2-29-21(28)17-10-6-7-11-18(17)25-20(27)19-13-15-24-22(26-19)23-14-12-16-8-4-3-5-9-16/h3-11,13,15H,2,12,14H2,1H3,(H,25,27)(H,23,24,26). The van der Waals surface area contributed by atoms with E-state index in [1.165, 1.54) is 17.8 Å². The SMILES string of the molecule is CCOC(=O)c1ccccc1NC(=O)c1ccnc(NCCc2ccccc2)n1. The van der Waals surface area contributed by atoms with Gasteiger partial charge in [0.1, 0.15) is 5.69 Å². The van der Waals surface area contributed by atoms with Crippen LogP contribution >= 0.6 is 0 Å². The molecule has 29 heavy (non-hydrogen) atoms. The second-order valence-corrected chi connectivity index (χ2v) is 6.15. The zero-order chi connectivity index (χ0) is 20.5. The molecule has 3 rings (SSSR count). The average molecular weight is 390 g/mol. The molecule has 0 saturated carbocycles. The van der Waals surface area contributed by atoms with E-state index >= 15 is 0 Å². The Morgan fingerprint density at radius 1 is 1.00 bits per heavy atom. The Bertz CT molecular complexity index is 977. The number of nitrogens with one attached hydrogen (secondary N) is 2. The maximum Gasteiger partial charge on any atom is 0.340 e. The smallest absolute Gasteiger partial charge is 0.340 e. The second-order valence-electron chi connectivity index (χ2n) is 6.15. The number of nitrogens with zero attached hydrogens (tertiary/aromatic N) is 2. The Labute approximate surface area is 169 Å². The van der Waals surface area contributed by atoms with Crippen LogP contribution in [0.2, 0.25) is 0 Å². The minimum Gasteiger partial charge on any atom is -0.462 e. The summed E-state index contributed by atoms with van der Waals surface area (Å²) >= 11 is 0. The highest BCUT2D eigenvalue weighted by Crippen LogP contribution is 2.17. The van der Waals surface area contributed by atoms with Gasteiger partial charge in [-0.05, 0) is 37.1 Å². The second kappa shape index (κ2) is 9.98. The number of amides is 1. The molecule has 0 bridgehead atoms. The molecule has 0 unspecified atom stereocenters. The summed E-state index contributed by atoms with van der Waals surface area (Å²) in [6.45, 7) is 2.62. The first-order valence-electron chi connectivity index (χ1n) is 9.35. The lowest BCUT2D eigenvalue weighted by Gasteiger charge is -2.10. The largest absolute Gasteiger partial charge is 0.462 e. The number of aromatic nitrogens is 2. The first kappa shape index (κ1) is 20.0. The van der Waals surface area contributed by atoms with Crippen LogP contribution in [0.5, 0.6) is 0 Å². The van der Waals surface area contributed by atoms with Crippen molar-refractivity contribution >= 4 is 23.5 Å². The van der Waals surface area contributed by atoms with E-state index in [1.54, 1.807) is 31.2 Å². The molecule has 0 aliphatic heterocycles. The molecule has 0 spiro atoms. The van der Waals surface area contributed by atoms with Gasteiger partial charge in [0, 0.05) is 12.7 Å². The molecule has 1 amide bonds.